The third-order valence-corrected chi connectivity index (χ3v) is 3.87. The standard InChI is InChI=1S/C16H14ClNO2/c17-14-6-12(16(19)20)7-15(8-14)18-9-13(10-18)11-4-2-1-3-5-11/h1-8,13H,9-10H2,(H,19,20). The maximum Gasteiger partial charge on any atom is 0.335 e. The Morgan fingerprint density at radius 1 is 1.15 bits per heavy atom. The Balaban J connectivity index is 1.75. The summed E-state index contributed by atoms with van der Waals surface area (Å²) in [6.45, 7) is 1.78. The molecule has 1 fully saturated rings. The Morgan fingerprint density at radius 3 is 2.50 bits per heavy atom. The molecule has 3 nitrogen and oxygen atoms in total. The van der Waals surface area contributed by atoms with Crippen LogP contribution in [0, 0.1) is 0 Å². The summed E-state index contributed by atoms with van der Waals surface area (Å²) in [6.07, 6.45) is 0. The third-order valence-electron chi connectivity index (χ3n) is 3.65. The molecule has 0 amide bonds. The van der Waals surface area contributed by atoms with Crippen LogP contribution in [0.25, 0.3) is 0 Å². The van der Waals surface area contributed by atoms with Crippen molar-refractivity contribution in [3.05, 3.63) is 64.7 Å². The number of carboxylic acids is 1. The van der Waals surface area contributed by atoms with E-state index in [1.165, 1.54) is 11.6 Å². The van der Waals surface area contributed by atoms with Crippen molar-refractivity contribution in [3.8, 4) is 0 Å². The minimum absolute atomic E-state index is 0.232. The molecule has 4 heteroatoms. The molecule has 0 saturated carbocycles. The monoisotopic (exact) mass is 287 g/mol. The van der Waals surface area contributed by atoms with Crippen LogP contribution in [0.3, 0.4) is 0 Å². The molecule has 0 unspecified atom stereocenters. The first-order valence-corrected chi connectivity index (χ1v) is 6.85. The van der Waals surface area contributed by atoms with Gasteiger partial charge in [-0.1, -0.05) is 41.9 Å². The van der Waals surface area contributed by atoms with E-state index < -0.39 is 5.97 Å². The van der Waals surface area contributed by atoms with Gasteiger partial charge in [0.15, 0.2) is 0 Å². The molecule has 0 bridgehead atoms. The summed E-state index contributed by atoms with van der Waals surface area (Å²) in [5.74, 6) is -0.447. The van der Waals surface area contributed by atoms with E-state index in [2.05, 4.69) is 17.0 Å². The van der Waals surface area contributed by atoms with E-state index in [-0.39, 0.29) is 5.56 Å². The first-order valence-electron chi connectivity index (χ1n) is 6.47. The summed E-state index contributed by atoms with van der Waals surface area (Å²) in [6, 6.07) is 15.3. The Bertz CT molecular complexity index is 636. The van der Waals surface area contributed by atoms with E-state index in [4.69, 9.17) is 16.7 Å². The Labute approximate surface area is 122 Å². The maximum absolute atomic E-state index is 11.0. The number of rotatable bonds is 3. The number of hydrogen-bond acceptors (Lipinski definition) is 2. The van der Waals surface area contributed by atoms with Crippen LogP contribution >= 0.6 is 11.6 Å². The lowest BCUT2D eigenvalue weighted by molar-refractivity contribution is 0.0697. The van der Waals surface area contributed by atoms with Gasteiger partial charge in [-0.3, -0.25) is 0 Å². The first kappa shape index (κ1) is 13.0. The summed E-state index contributed by atoms with van der Waals surface area (Å²) in [5, 5.41) is 9.52. The van der Waals surface area contributed by atoms with Crippen molar-refractivity contribution in [2.24, 2.45) is 0 Å². The lowest BCUT2D eigenvalue weighted by Gasteiger charge is -2.41. The molecule has 102 valence electrons. The van der Waals surface area contributed by atoms with Crippen LogP contribution in [0.15, 0.2) is 48.5 Å². The summed E-state index contributed by atoms with van der Waals surface area (Å²) >= 11 is 5.98. The topological polar surface area (TPSA) is 40.5 Å². The van der Waals surface area contributed by atoms with E-state index in [1.54, 1.807) is 6.07 Å². The van der Waals surface area contributed by atoms with Crippen molar-refractivity contribution in [3.63, 3.8) is 0 Å². The Kier molecular flexibility index (Phi) is 3.36. The van der Waals surface area contributed by atoms with Crippen LogP contribution in [0.5, 0.6) is 0 Å². The molecule has 1 aliphatic rings. The van der Waals surface area contributed by atoms with Gasteiger partial charge in [-0.05, 0) is 23.8 Å². The average Bonchev–Trinajstić information content (AvgIpc) is 2.37. The van der Waals surface area contributed by atoms with Crippen molar-refractivity contribution in [1.29, 1.82) is 0 Å². The van der Waals surface area contributed by atoms with Crippen LogP contribution in [0.2, 0.25) is 5.02 Å². The van der Waals surface area contributed by atoms with Gasteiger partial charge in [0.1, 0.15) is 0 Å². The van der Waals surface area contributed by atoms with Crippen molar-refractivity contribution < 1.29 is 9.90 Å². The molecule has 1 saturated heterocycles. The van der Waals surface area contributed by atoms with Crippen molar-refractivity contribution in [1.82, 2.24) is 0 Å². The molecule has 1 N–H and O–H groups in total. The highest BCUT2D eigenvalue weighted by atomic mass is 35.5. The summed E-state index contributed by atoms with van der Waals surface area (Å²) in [7, 11) is 0. The fraction of sp³-hybridized carbons (Fsp3) is 0.188. The van der Waals surface area contributed by atoms with Crippen LogP contribution in [-0.4, -0.2) is 24.2 Å². The number of carbonyl (C=O) groups is 1. The van der Waals surface area contributed by atoms with Gasteiger partial charge in [-0.15, -0.1) is 0 Å². The van der Waals surface area contributed by atoms with E-state index in [0.717, 1.165) is 18.8 Å². The van der Waals surface area contributed by atoms with Gasteiger partial charge in [0.05, 0.1) is 5.56 Å². The van der Waals surface area contributed by atoms with Gasteiger partial charge in [-0.25, -0.2) is 4.79 Å². The molecule has 1 heterocycles. The van der Waals surface area contributed by atoms with E-state index in [9.17, 15) is 4.79 Å². The van der Waals surface area contributed by atoms with Crippen LogP contribution in [0.4, 0.5) is 5.69 Å². The molecule has 0 spiro atoms. The number of benzene rings is 2. The van der Waals surface area contributed by atoms with Gasteiger partial charge < -0.3 is 10.0 Å². The van der Waals surface area contributed by atoms with Crippen molar-refractivity contribution in [2.45, 2.75) is 5.92 Å². The smallest absolute Gasteiger partial charge is 0.335 e. The van der Waals surface area contributed by atoms with Gasteiger partial charge >= 0.3 is 5.97 Å². The summed E-state index contributed by atoms with van der Waals surface area (Å²) in [5.41, 5.74) is 2.43. The lowest BCUT2D eigenvalue weighted by Crippen LogP contribution is -2.45. The van der Waals surface area contributed by atoms with Crippen LogP contribution in [-0.2, 0) is 0 Å². The number of nitrogens with zero attached hydrogens (tertiary/aromatic N) is 1. The van der Waals surface area contributed by atoms with Crippen molar-refractivity contribution in [2.75, 3.05) is 18.0 Å². The number of halogens is 1. The normalized spacial score (nSPS) is 14.9. The maximum atomic E-state index is 11.0. The average molecular weight is 288 g/mol. The Morgan fingerprint density at radius 2 is 1.85 bits per heavy atom. The lowest BCUT2D eigenvalue weighted by atomic mass is 9.91. The quantitative estimate of drug-likeness (QED) is 0.937. The van der Waals surface area contributed by atoms with Crippen LogP contribution < -0.4 is 4.90 Å². The second-order valence-electron chi connectivity index (χ2n) is 5.02. The number of hydrogen-bond donors (Lipinski definition) is 1. The van der Waals surface area contributed by atoms with Crippen molar-refractivity contribution >= 4 is 23.3 Å². The first-order chi connectivity index (χ1) is 9.63. The molecular formula is C16H14ClNO2. The van der Waals surface area contributed by atoms with Gasteiger partial charge in [0.2, 0.25) is 0 Å². The van der Waals surface area contributed by atoms with Gasteiger partial charge in [0.25, 0.3) is 0 Å². The largest absolute Gasteiger partial charge is 0.478 e. The second-order valence-corrected chi connectivity index (χ2v) is 5.45. The Hall–Kier alpha value is -2.00. The molecule has 0 aliphatic carbocycles. The zero-order valence-corrected chi connectivity index (χ0v) is 11.5. The molecule has 3 rings (SSSR count). The molecule has 2 aromatic carbocycles. The molecule has 0 radical (unpaired) electrons. The summed E-state index contributed by atoms with van der Waals surface area (Å²) in [4.78, 5) is 13.2. The molecule has 2 aromatic rings. The predicted octanol–water partition coefficient (Wildman–Crippen LogP) is 3.64. The highest BCUT2D eigenvalue weighted by Gasteiger charge is 2.28. The van der Waals surface area contributed by atoms with Gasteiger partial charge in [0, 0.05) is 29.7 Å². The molecule has 0 atom stereocenters. The predicted molar refractivity (Wildman–Crippen MR) is 79.8 cm³/mol. The fourth-order valence-electron chi connectivity index (χ4n) is 2.51. The number of anilines is 1. The molecule has 1 aliphatic heterocycles. The third kappa shape index (κ3) is 2.49. The molecule has 0 aromatic heterocycles. The SMILES string of the molecule is O=C(O)c1cc(Cl)cc(N2CC(c3ccccc3)C2)c1. The minimum atomic E-state index is -0.950. The molecular weight excluding hydrogens is 274 g/mol. The number of aromatic carboxylic acids is 1. The van der Waals surface area contributed by atoms with E-state index >= 15 is 0 Å². The highest BCUT2D eigenvalue weighted by Crippen LogP contribution is 2.33. The summed E-state index contributed by atoms with van der Waals surface area (Å²) < 4.78 is 0. The number of carboxylic acid groups (broad SMARTS) is 1. The second kappa shape index (κ2) is 5.17. The zero-order valence-electron chi connectivity index (χ0n) is 10.8. The van der Waals surface area contributed by atoms with Gasteiger partial charge in [-0.2, -0.15) is 0 Å². The minimum Gasteiger partial charge on any atom is -0.478 e. The highest BCUT2D eigenvalue weighted by molar-refractivity contribution is 6.31. The fourth-order valence-corrected chi connectivity index (χ4v) is 2.73. The molecule has 20 heavy (non-hydrogen) atoms. The zero-order chi connectivity index (χ0) is 14.1. The van der Waals surface area contributed by atoms with E-state index in [0.29, 0.717) is 10.9 Å². The van der Waals surface area contributed by atoms with Crippen LogP contribution in [0.1, 0.15) is 21.8 Å². The van der Waals surface area contributed by atoms with E-state index in [1.807, 2.05) is 24.3 Å².